The van der Waals surface area contributed by atoms with E-state index in [1.165, 1.54) is 11.9 Å². The van der Waals surface area contributed by atoms with E-state index in [-0.39, 0.29) is 0 Å². The van der Waals surface area contributed by atoms with Gasteiger partial charge >= 0.3 is 0 Å². The predicted octanol–water partition coefficient (Wildman–Crippen LogP) is 3.73. The van der Waals surface area contributed by atoms with Gasteiger partial charge in [0.25, 0.3) is 0 Å². The molecule has 3 rings (SSSR count). The lowest BCUT2D eigenvalue weighted by molar-refractivity contribution is 0.804. The average molecular weight is 322 g/mol. The highest BCUT2D eigenvalue weighted by molar-refractivity contribution is 5.74. The average Bonchev–Trinajstić information content (AvgIpc) is 2.88. The molecule has 0 amide bonds. The molecule has 0 unspecified atom stereocenters. The summed E-state index contributed by atoms with van der Waals surface area (Å²) in [5, 5.41) is 7.70. The van der Waals surface area contributed by atoms with Crippen LogP contribution in [0.25, 0.3) is 5.82 Å². The molecule has 0 fully saturated rings. The van der Waals surface area contributed by atoms with Crippen LogP contribution in [0.2, 0.25) is 0 Å². The van der Waals surface area contributed by atoms with Crippen LogP contribution in [0, 0.1) is 13.8 Å². The maximum Gasteiger partial charge on any atom is 0.182 e. The minimum Gasteiger partial charge on any atom is -0.393 e. The summed E-state index contributed by atoms with van der Waals surface area (Å²) in [5.41, 5.74) is 10.9. The van der Waals surface area contributed by atoms with Crippen molar-refractivity contribution in [1.29, 1.82) is 0 Å². The summed E-state index contributed by atoms with van der Waals surface area (Å²) in [7, 11) is 0. The normalized spacial score (nSPS) is 11.0. The van der Waals surface area contributed by atoms with E-state index < -0.39 is 0 Å². The fraction of sp³-hybridized carbons (Fsp3) is 0.278. The molecule has 0 aliphatic heterocycles. The van der Waals surface area contributed by atoms with Crippen molar-refractivity contribution in [2.75, 3.05) is 11.1 Å². The Labute approximate surface area is 141 Å². The minimum atomic E-state index is 0.469. The zero-order valence-corrected chi connectivity index (χ0v) is 14.4. The molecule has 24 heavy (non-hydrogen) atoms. The third-order valence-corrected chi connectivity index (χ3v) is 3.91. The molecule has 124 valence electrons. The van der Waals surface area contributed by atoms with Gasteiger partial charge in [0, 0.05) is 11.4 Å². The number of aromatic nitrogens is 4. The van der Waals surface area contributed by atoms with E-state index in [2.05, 4.69) is 46.4 Å². The SMILES string of the molecule is Cc1cc(C)n(-c2ncnc(Nc3ccc(C(C)C)cc3)c2N)n1. The number of aryl methyl sites for hydroxylation is 2. The standard InChI is InChI=1S/C18H22N6/c1-11(2)14-5-7-15(8-6-14)22-17-16(19)18(21-10-20-17)24-13(4)9-12(3)23-24/h5-11H,19H2,1-4H3,(H,20,21,22). The van der Waals surface area contributed by atoms with Gasteiger partial charge < -0.3 is 11.1 Å². The van der Waals surface area contributed by atoms with Gasteiger partial charge in [-0.2, -0.15) is 5.10 Å². The number of rotatable bonds is 4. The van der Waals surface area contributed by atoms with Crippen LogP contribution in [0.1, 0.15) is 36.7 Å². The fourth-order valence-electron chi connectivity index (χ4n) is 2.59. The van der Waals surface area contributed by atoms with E-state index in [1.54, 1.807) is 4.68 Å². The smallest absolute Gasteiger partial charge is 0.182 e. The molecular weight excluding hydrogens is 300 g/mol. The first kappa shape index (κ1) is 16.0. The van der Waals surface area contributed by atoms with Crippen molar-refractivity contribution >= 4 is 17.2 Å². The van der Waals surface area contributed by atoms with E-state index in [0.717, 1.165) is 17.1 Å². The number of nitrogens with two attached hydrogens (primary N) is 1. The van der Waals surface area contributed by atoms with Gasteiger partial charge in [-0.25, -0.2) is 14.6 Å². The fourth-order valence-corrected chi connectivity index (χ4v) is 2.59. The van der Waals surface area contributed by atoms with Crippen molar-refractivity contribution in [3.8, 4) is 5.82 Å². The number of benzene rings is 1. The monoisotopic (exact) mass is 322 g/mol. The molecule has 6 heteroatoms. The summed E-state index contributed by atoms with van der Waals surface area (Å²) in [4.78, 5) is 8.55. The first-order chi connectivity index (χ1) is 11.5. The van der Waals surface area contributed by atoms with Crippen LogP contribution in [0.3, 0.4) is 0 Å². The van der Waals surface area contributed by atoms with Crippen LogP contribution >= 0.6 is 0 Å². The Balaban J connectivity index is 1.92. The molecule has 0 saturated heterocycles. The number of nitrogen functional groups attached to an aromatic ring is 1. The molecule has 0 radical (unpaired) electrons. The van der Waals surface area contributed by atoms with Crippen LogP contribution in [0.15, 0.2) is 36.7 Å². The predicted molar refractivity (Wildman–Crippen MR) is 96.9 cm³/mol. The number of hydrogen-bond donors (Lipinski definition) is 2. The molecule has 3 N–H and O–H groups in total. The molecule has 0 aliphatic rings. The van der Waals surface area contributed by atoms with E-state index in [0.29, 0.717) is 23.2 Å². The molecule has 2 aromatic heterocycles. The van der Waals surface area contributed by atoms with E-state index in [1.807, 2.05) is 32.0 Å². The van der Waals surface area contributed by atoms with Crippen LogP contribution in [-0.4, -0.2) is 19.7 Å². The lowest BCUT2D eigenvalue weighted by Gasteiger charge is -2.13. The Morgan fingerprint density at radius 3 is 2.38 bits per heavy atom. The maximum atomic E-state index is 6.27. The molecule has 3 aromatic rings. The summed E-state index contributed by atoms with van der Waals surface area (Å²) in [6.07, 6.45) is 1.49. The van der Waals surface area contributed by atoms with Crippen molar-refractivity contribution in [3.05, 3.63) is 53.6 Å². The summed E-state index contributed by atoms with van der Waals surface area (Å²) in [6.45, 7) is 8.26. The summed E-state index contributed by atoms with van der Waals surface area (Å²) >= 11 is 0. The van der Waals surface area contributed by atoms with Crippen LogP contribution in [-0.2, 0) is 0 Å². The molecule has 1 aromatic carbocycles. The van der Waals surface area contributed by atoms with Gasteiger partial charge in [-0.15, -0.1) is 0 Å². The summed E-state index contributed by atoms with van der Waals surface area (Å²) in [5.74, 6) is 1.66. The zero-order valence-electron chi connectivity index (χ0n) is 14.4. The van der Waals surface area contributed by atoms with E-state index in [4.69, 9.17) is 5.73 Å². The summed E-state index contributed by atoms with van der Waals surface area (Å²) < 4.78 is 1.74. The van der Waals surface area contributed by atoms with Gasteiger partial charge in [-0.05, 0) is 43.5 Å². The third kappa shape index (κ3) is 3.08. The second kappa shape index (κ2) is 6.31. The maximum absolute atomic E-state index is 6.27. The number of anilines is 3. The molecule has 0 spiro atoms. The highest BCUT2D eigenvalue weighted by Gasteiger charge is 2.13. The van der Waals surface area contributed by atoms with Gasteiger partial charge in [0.2, 0.25) is 0 Å². The Morgan fingerprint density at radius 1 is 1.08 bits per heavy atom. The Bertz CT molecular complexity index is 848. The highest BCUT2D eigenvalue weighted by Crippen LogP contribution is 2.26. The van der Waals surface area contributed by atoms with Gasteiger partial charge in [0.15, 0.2) is 11.6 Å². The van der Waals surface area contributed by atoms with E-state index >= 15 is 0 Å². The van der Waals surface area contributed by atoms with E-state index in [9.17, 15) is 0 Å². The molecule has 0 bridgehead atoms. The molecule has 0 atom stereocenters. The molecule has 0 saturated carbocycles. The second-order valence-corrected chi connectivity index (χ2v) is 6.20. The molecule has 6 nitrogen and oxygen atoms in total. The van der Waals surface area contributed by atoms with Crippen molar-refractivity contribution < 1.29 is 0 Å². The lowest BCUT2D eigenvalue weighted by Crippen LogP contribution is -2.09. The topological polar surface area (TPSA) is 81.7 Å². The molecular formula is C18H22N6. The number of hydrogen-bond acceptors (Lipinski definition) is 5. The van der Waals surface area contributed by atoms with Gasteiger partial charge in [0.05, 0.1) is 5.69 Å². The van der Waals surface area contributed by atoms with Gasteiger partial charge in [-0.1, -0.05) is 26.0 Å². The van der Waals surface area contributed by atoms with Crippen molar-refractivity contribution in [1.82, 2.24) is 19.7 Å². The van der Waals surface area contributed by atoms with Crippen LogP contribution in [0.4, 0.5) is 17.2 Å². The summed E-state index contributed by atoms with van der Waals surface area (Å²) in [6, 6.07) is 10.2. The highest BCUT2D eigenvalue weighted by atomic mass is 15.3. The zero-order chi connectivity index (χ0) is 17.3. The third-order valence-electron chi connectivity index (χ3n) is 3.91. The van der Waals surface area contributed by atoms with Crippen LogP contribution < -0.4 is 11.1 Å². The van der Waals surface area contributed by atoms with Gasteiger partial charge in [0.1, 0.15) is 12.0 Å². The number of nitrogens with one attached hydrogen (secondary N) is 1. The Morgan fingerprint density at radius 2 is 1.79 bits per heavy atom. The minimum absolute atomic E-state index is 0.469. The van der Waals surface area contributed by atoms with Crippen molar-refractivity contribution in [2.45, 2.75) is 33.6 Å². The van der Waals surface area contributed by atoms with Crippen molar-refractivity contribution in [2.24, 2.45) is 0 Å². The largest absolute Gasteiger partial charge is 0.393 e. The lowest BCUT2D eigenvalue weighted by atomic mass is 10.0. The van der Waals surface area contributed by atoms with Crippen LogP contribution in [0.5, 0.6) is 0 Å². The molecule has 2 heterocycles. The molecule has 0 aliphatic carbocycles. The first-order valence-electron chi connectivity index (χ1n) is 7.97. The second-order valence-electron chi connectivity index (χ2n) is 6.20. The van der Waals surface area contributed by atoms with Gasteiger partial charge in [-0.3, -0.25) is 0 Å². The quantitative estimate of drug-likeness (QED) is 0.765. The number of nitrogens with zero attached hydrogens (tertiary/aromatic N) is 4. The Hall–Kier alpha value is -2.89. The first-order valence-corrected chi connectivity index (χ1v) is 7.97. The Kier molecular flexibility index (Phi) is 4.20. The van der Waals surface area contributed by atoms with Crippen molar-refractivity contribution in [3.63, 3.8) is 0 Å².